The minimum Gasteiger partial charge on any atom is -0.465 e. The van der Waals surface area contributed by atoms with Crippen LogP contribution >= 0.6 is 0 Å². The lowest BCUT2D eigenvalue weighted by Gasteiger charge is -2.32. The van der Waals surface area contributed by atoms with Crippen LogP contribution in [0, 0.1) is 6.92 Å². The number of likely N-dealkylation sites (N-methyl/N-ethyl adjacent to an activating group) is 1. The molecule has 8 nitrogen and oxygen atoms in total. The van der Waals surface area contributed by atoms with Gasteiger partial charge in [0.2, 0.25) is 0 Å². The number of carbonyl (C=O) groups excluding carboxylic acids is 2. The molecule has 2 heterocycles. The number of nitrogens with one attached hydrogen (secondary N) is 1. The monoisotopic (exact) mass is 369 g/mol. The smallest absolute Gasteiger partial charge is 0.339 e. The molecule has 8 heteroatoms. The van der Waals surface area contributed by atoms with Crippen LogP contribution in [-0.4, -0.2) is 72.0 Å². The number of hydrogen-bond donors (Lipinski definition) is 1. The van der Waals surface area contributed by atoms with Crippen molar-refractivity contribution in [2.45, 2.75) is 6.92 Å². The average Bonchev–Trinajstić information content (AvgIpc) is 2.67. The van der Waals surface area contributed by atoms with Gasteiger partial charge in [0, 0.05) is 32.2 Å². The van der Waals surface area contributed by atoms with E-state index in [9.17, 15) is 9.59 Å². The minimum absolute atomic E-state index is 0.113. The number of aryl methyl sites for hydroxylation is 1. The normalized spacial score (nSPS) is 14.7. The van der Waals surface area contributed by atoms with Gasteiger partial charge in [-0.1, -0.05) is 12.1 Å². The highest BCUT2D eigenvalue weighted by molar-refractivity contribution is 5.97. The maximum atomic E-state index is 12.8. The van der Waals surface area contributed by atoms with E-state index in [2.05, 4.69) is 20.2 Å². The van der Waals surface area contributed by atoms with E-state index in [0.29, 0.717) is 41.7 Å². The molecule has 1 aromatic heterocycles. The van der Waals surface area contributed by atoms with Crippen molar-refractivity contribution in [3.63, 3.8) is 0 Å². The minimum atomic E-state index is -0.447. The average molecular weight is 369 g/mol. The first kappa shape index (κ1) is 18.8. The van der Waals surface area contributed by atoms with Crippen molar-refractivity contribution in [3.8, 4) is 0 Å². The van der Waals surface area contributed by atoms with Crippen LogP contribution in [-0.2, 0) is 4.74 Å². The van der Waals surface area contributed by atoms with Crippen molar-refractivity contribution < 1.29 is 14.3 Å². The molecule has 0 unspecified atom stereocenters. The molecule has 0 bridgehead atoms. The van der Waals surface area contributed by atoms with E-state index in [1.165, 1.54) is 7.11 Å². The van der Waals surface area contributed by atoms with Gasteiger partial charge in [-0.3, -0.25) is 4.79 Å². The zero-order chi connectivity index (χ0) is 19.4. The Hall–Kier alpha value is -3.00. The largest absolute Gasteiger partial charge is 0.465 e. The van der Waals surface area contributed by atoms with Gasteiger partial charge in [0.05, 0.1) is 18.4 Å². The summed E-state index contributed by atoms with van der Waals surface area (Å²) in [5.74, 6) is 0.375. The zero-order valence-electron chi connectivity index (χ0n) is 15.7. The molecule has 142 valence electrons. The van der Waals surface area contributed by atoms with Crippen LogP contribution in [0.1, 0.15) is 26.7 Å². The fraction of sp³-hybridized carbons (Fsp3) is 0.368. The van der Waals surface area contributed by atoms with Crippen molar-refractivity contribution in [1.82, 2.24) is 19.8 Å². The van der Waals surface area contributed by atoms with Gasteiger partial charge in [-0.25, -0.2) is 14.8 Å². The molecule has 0 spiro atoms. The molecule has 0 aliphatic carbocycles. The summed E-state index contributed by atoms with van der Waals surface area (Å²) in [5, 5.41) is 3.10. The molecule has 1 fully saturated rings. The second kappa shape index (κ2) is 8.13. The van der Waals surface area contributed by atoms with Gasteiger partial charge >= 0.3 is 5.97 Å². The van der Waals surface area contributed by atoms with Crippen LogP contribution < -0.4 is 5.32 Å². The quantitative estimate of drug-likeness (QED) is 0.821. The summed E-state index contributed by atoms with van der Waals surface area (Å²) >= 11 is 0. The Morgan fingerprint density at radius 1 is 1.11 bits per heavy atom. The summed E-state index contributed by atoms with van der Waals surface area (Å²) in [7, 11) is 3.37. The Balaban J connectivity index is 1.84. The van der Waals surface area contributed by atoms with E-state index in [1.54, 1.807) is 42.2 Å². The Labute approximate surface area is 158 Å². The third-order valence-corrected chi connectivity index (χ3v) is 4.44. The summed E-state index contributed by atoms with van der Waals surface area (Å²) in [5.41, 5.74) is 1.29. The van der Waals surface area contributed by atoms with Crippen LogP contribution in [0.3, 0.4) is 0 Å². The predicted octanol–water partition coefficient (Wildman–Crippen LogP) is 1.70. The van der Waals surface area contributed by atoms with Crippen LogP contribution in [0.4, 0.5) is 11.5 Å². The number of ether oxygens (including phenoxy) is 1. The number of esters is 1. The van der Waals surface area contributed by atoms with Gasteiger partial charge in [0.1, 0.15) is 17.3 Å². The lowest BCUT2D eigenvalue weighted by Crippen LogP contribution is -2.47. The van der Waals surface area contributed by atoms with Crippen molar-refractivity contribution in [1.29, 1.82) is 0 Å². The van der Waals surface area contributed by atoms with Gasteiger partial charge in [-0.05, 0) is 26.1 Å². The van der Waals surface area contributed by atoms with E-state index < -0.39 is 5.97 Å². The molecule has 3 rings (SSSR count). The molecule has 2 aromatic rings. The van der Waals surface area contributed by atoms with Crippen molar-refractivity contribution >= 4 is 23.4 Å². The topological polar surface area (TPSA) is 87.7 Å². The molecule has 0 atom stereocenters. The summed E-state index contributed by atoms with van der Waals surface area (Å²) in [4.78, 5) is 37.4. The molecule has 1 N–H and O–H groups in total. The third-order valence-electron chi connectivity index (χ3n) is 4.44. The number of para-hydroxylation sites is 1. The molecule has 0 radical (unpaired) electrons. The lowest BCUT2D eigenvalue weighted by atomic mass is 10.2. The third kappa shape index (κ3) is 4.40. The number of rotatable bonds is 4. The molecule has 1 aliphatic rings. The number of amides is 1. The standard InChI is InChI=1S/C19H23N5O3/c1-13-20-16(18(25)24-10-8-23(2)9-11-24)12-17(21-13)22-15-7-5-4-6-14(15)19(26)27-3/h4-7,12H,8-11H2,1-3H3,(H,20,21,22). The molecular formula is C19H23N5O3. The Morgan fingerprint density at radius 3 is 2.52 bits per heavy atom. The first-order valence-corrected chi connectivity index (χ1v) is 8.76. The summed E-state index contributed by atoms with van der Waals surface area (Å²) < 4.78 is 4.81. The van der Waals surface area contributed by atoms with Crippen LogP contribution in [0.25, 0.3) is 0 Å². The second-order valence-electron chi connectivity index (χ2n) is 6.44. The maximum Gasteiger partial charge on any atom is 0.339 e. The summed E-state index contributed by atoms with van der Waals surface area (Å²) in [6.07, 6.45) is 0. The van der Waals surface area contributed by atoms with Gasteiger partial charge in [0.25, 0.3) is 5.91 Å². The van der Waals surface area contributed by atoms with E-state index in [-0.39, 0.29) is 5.91 Å². The number of carbonyl (C=O) groups is 2. The molecule has 0 saturated carbocycles. The molecule has 1 saturated heterocycles. The Bertz CT molecular complexity index is 847. The van der Waals surface area contributed by atoms with Crippen LogP contribution in [0.5, 0.6) is 0 Å². The summed E-state index contributed by atoms with van der Waals surface area (Å²) in [6.45, 7) is 4.76. The van der Waals surface area contributed by atoms with Crippen molar-refractivity contribution in [3.05, 3.63) is 47.4 Å². The maximum absolute atomic E-state index is 12.8. The first-order valence-electron chi connectivity index (χ1n) is 8.76. The fourth-order valence-corrected chi connectivity index (χ4v) is 2.93. The van der Waals surface area contributed by atoms with Gasteiger partial charge < -0.3 is 19.9 Å². The Morgan fingerprint density at radius 2 is 1.81 bits per heavy atom. The summed E-state index contributed by atoms with van der Waals surface area (Å²) in [6, 6.07) is 8.59. The van der Waals surface area contributed by atoms with Crippen molar-refractivity contribution in [2.75, 3.05) is 45.7 Å². The number of anilines is 2. The number of benzene rings is 1. The molecule has 1 aromatic carbocycles. The van der Waals surface area contributed by atoms with Gasteiger partial charge in [0.15, 0.2) is 0 Å². The first-order chi connectivity index (χ1) is 13.0. The van der Waals surface area contributed by atoms with Crippen LogP contribution in [0.2, 0.25) is 0 Å². The predicted molar refractivity (Wildman–Crippen MR) is 101 cm³/mol. The van der Waals surface area contributed by atoms with E-state index >= 15 is 0 Å². The zero-order valence-corrected chi connectivity index (χ0v) is 15.7. The number of methoxy groups -OCH3 is 1. The number of hydrogen-bond acceptors (Lipinski definition) is 7. The van der Waals surface area contributed by atoms with E-state index in [1.807, 2.05) is 7.05 Å². The second-order valence-corrected chi connectivity index (χ2v) is 6.44. The van der Waals surface area contributed by atoms with Crippen molar-refractivity contribution in [2.24, 2.45) is 0 Å². The van der Waals surface area contributed by atoms with Gasteiger partial charge in [-0.2, -0.15) is 0 Å². The lowest BCUT2D eigenvalue weighted by molar-refractivity contribution is 0.0600. The highest BCUT2D eigenvalue weighted by Crippen LogP contribution is 2.21. The highest BCUT2D eigenvalue weighted by atomic mass is 16.5. The molecule has 27 heavy (non-hydrogen) atoms. The number of piperazine rings is 1. The fourth-order valence-electron chi connectivity index (χ4n) is 2.93. The number of aromatic nitrogens is 2. The molecule has 1 aliphatic heterocycles. The number of nitrogens with zero attached hydrogens (tertiary/aromatic N) is 4. The van der Waals surface area contributed by atoms with E-state index in [4.69, 9.17) is 4.74 Å². The Kier molecular flexibility index (Phi) is 5.66. The SMILES string of the molecule is COC(=O)c1ccccc1Nc1cc(C(=O)N2CCN(C)CC2)nc(C)n1. The molecule has 1 amide bonds. The molecular weight excluding hydrogens is 346 g/mol. The van der Waals surface area contributed by atoms with Gasteiger partial charge in [-0.15, -0.1) is 0 Å². The van der Waals surface area contributed by atoms with Crippen LogP contribution in [0.15, 0.2) is 30.3 Å². The van der Waals surface area contributed by atoms with E-state index in [0.717, 1.165) is 13.1 Å². The highest BCUT2D eigenvalue weighted by Gasteiger charge is 2.22.